The van der Waals surface area contributed by atoms with Crippen LogP contribution in [0.5, 0.6) is 5.75 Å². The molecule has 3 nitrogen and oxygen atoms in total. The van der Waals surface area contributed by atoms with Crippen molar-refractivity contribution in [1.29, 1.82) is 0 Å². The third-order valence-corrected chi connectivity index (χ3v) is 2.57. The van der Waals surface area contributed by atoms with Crippen LogP contribution >= 0.6 is 0 Å². The summed E-state index contributed by atoms with van der Waals surface area (Å²) in [5.74, 6) is 6.47. The Morgan fingerprint density at radius 3 is 3.00 bits per heavy atom. The molecule has 0 amide bonds. The number of aliphatic hydroxyl groups excluding tert-OH is 1. The van der Waals surface area contributed by atoms with E-state index in [1.54, 1.807) is 6.92 Å². The second-order valence-electron chi connectivity index (χ2n) is 3.67. The molecule has 2 aromatic rings. The van der Waals surface area contributed by atoms with Crippen LogP contribution in [0.25, 0.3) is 10.9 Å². The molecule has 1 aromatic heterocycles. The maximum Gasteiger partial charge on any atom is 0.149 e. The first-order chi connectivity index (χ1) is 8.35. The summed E-state index contributed by atoms with van der Waals surface area (Å²) in [6.07, 6.45) is 1.97. The van der Waals surface area contributed by atoms with Gasteiger partial charge in [-0.2, -0.15) is 0 Å². The third kappa shape index (κ3) is 2.61. The number of hydrogen-bond donors (Lipinski definition) is 1. The Balaban J connectivity index is 2.22. The molecule has 0 bridgehead atoms. The lowest BCUT2D eigenvalue weighted by atomic mass is 10.2. The number of ether oxygens (including phenoxy) is 1. The van der Waals surface area contributed by atoms with Crippen LogP contribution in [0, 0.1) is 11.8 Å². The summed E-state index contributed by atoms with van der Waals surface area (Å²) in [4.78, 5) is 0. The average molecular weight is 229 g/mol. The van der Waals surface area contributed by atoms with Crippen LogP contribution < -0.4 is 4.74 Å². The number of benzene rings is 1. The van der Waals surface area contributed by atoms with E-state index < -0.39 is 0 Å². The van der Waals surface area contributed by atoms with Crippen molar-refractivity contribution in [2.45, 2.75) is 13.5 Å². The van der Waals surface area contributed by atoms with Gasteiger partial charge in [0.2, 0.25) is 0 Å². The topological polar surface area (TPSA) is 34.4 Å². The standard InChI is InChI=1S/C14H15NO2/c1-2-3-10-17-13-4-5-14-12(11-13)6-7-15(14)8-9-16/h4-7,11,16H,8-10H2,1H3. The maximum absolute atomic E-state index is 8.93. The van der Waals surface area contributed by atoms with Crippen LogP contribution in [0.15, 0.2) is 30.5 Å². The molecule has 0 radical (unpaired) electrons. The van der Waals surface area contributed by atoms with E-state index in [-0.39, 0.29) is 6.61 Å². The van der Waals surface area contributed by atoms with E-state index in [0.29, 0.717) is 13.2 Å². The first-order valence-electron chi connectivity index (χ1n) is 5.57. The Labute approximate surface area is 101 Å². The monoisotopic (exact) mass is 229 g/mol. The summed E-state index contributed by atoms with van der Waals surface area (Å²) >= 11 is 0. The summed E-state index contributed by atoms with van der Waals surface area (Å²) in [5.41, 5.74) is 1.10. The quantitative estimate of drug-likeness (QED) is 0.814. The van der Waals surface area contributed by atoms with Gasteiger partial charge in [-0.05, 0) is 31.2 Å². The highest BCUT2D eigenvalue weighted by Gasteiger charge is 2.02. The summed E-state index contributed by atoms with van der Waals surface area (Å²) in [7, 11) is 0. The van der Waals surface area contributed by atoms with Gasteiger partial charge in [-0.25, -0.2) is 0 Å². The Morgan fingerprint density at radius 1 is 1.35 bits per heavy atom. The first kappa shape index (κ1) is 11.6. The van der Waals surface area contributed by atoms with E-state index in [4.69, 9.17) is 9.84 Å². The molecule has 1 heterocycles. The number of aromatic nitrogens is 1. The van der Waals surface area contributed by atoms with E-state index >= 15 is 0 Å². The minimum Gasteiger partial charge on any atom is -0.481 e. The molecular formula is C14H15NO2. The zero-order chi connectivity index (χ0) is 12.1. The van der Waals surface area contributed by atoms with Gasteiger partial charge in [-0.1, -0.05) is 5.92 Å². The first-order valence-corrected chi connectivity index (χ1v) is 5.57. The van der Waals surface area contributed by atoms with Crippen molar-refractivity contribution < 1.29 is 9.84 Å². The Hall–Kier alpha value is -1.92. The van der Waals surface area contributed by atoms with Crippen molar-refractivity contribution in [2.24, 2.45) is 0 Å². The van der Waals surface area contributed by atoms with E-state index in [2.05, 4.69) is 11.8 Å². The van der Waals surface area contributed by atoms with E-state index in [9.17, 15) is 0 Å². The van der Waals surface area contributed by atoms with Crippen molar-refractivity contribution in [3.05, 3.63) is 30.5 Å². The van der Waals surface area contributed by atoms with Crippen LogP contribution in [-0.2, 0) is 6.54 Å². The molecular weight excluding hydrogens is 214 g/mol. The predicted octanol–water partition coefficient (Wildman–Crippen LogP) is 2.04. The summed E-state index contributed by atoms with van der Waals surface area (Å²) in [5, 5.41) is 10.0. The molecule has 0 aliphatic rings. The molecule has 0 aliphatic heterocycles. The van der Waals surface area contributed by atoms with E-state index in [0.717, 1.165) is 16.7 Å². The number of hydrogen-bond acceptors (Lipinski definition) is 2. The molecule has 17 heavy (non-hydrogen) atoms. The fraction of sp³-hybridized carbons (Fsp3) is 0.286. The zero-order valence-corrected chi connectivity index (χ0v) is 9.81. The van der Waals surface area contributed by atoms with Gasteiger partial charge in [0.15, 0.2) is 0 Å². The van der Waals surface area contributed by atoms with Gasteiger partial charge in [-0.15, -0.1) is 5.92 Å². The summed E-state index contributed by atoms with van der Waals surface area (Å²) < 4.78 is 7.51. The minimum absolute atomic E-state index is 0.147. The van der Waals surface area contributed by atoms with E-state index in [1.807, 2.05) is 35.0 Å². The third-order valence-electron chi connectivity index (χ3n) is 2.57. The zero-order valence-electron chi connectivity index (χ0n) is 9.81. The van der Waals surface area contributed by atoms with Gasteiger partial charge >= 0.3 is 0 Å². The Bertz CT molecular complexity index is 560. The lowest BCUT2D eigenvalue weighted by Crippen LogP contribution is -1.99. The molecule has 1 N–H and O–H groups in total. The van der Waals surface area contributed by atoms with Gasteiger partial charge in [0, 0.05) is 23.6 Å². The largest absolute Gasteiger partial charge is 0.481 e. The molecule has 2 rings (SSSR count). The van der Waals surface area contributed by atoms with Gasteiger partial charge in [0.1, 0.15) is 12.4 Å². The molecule has 0 saturated carbocycles. The molecule has 3 heteroatoms. The molecule has 1 aromatic carbocycles. The fourth-order valence-corrected chi connectivity index (χ4v) is 1.76. The maximum atomic E-state index is 8.93. The molecule has 0 spiro atoms. The molecule has 88 valence electrons. The molecule has 0 unspecified atom stereocenters. The van der Waals surface area contributed by atoms with Gasteiger partial charge in [0.05, 0.1) is 6.61 Å². The van der Waals surface area contributed by atoms with Crippen LogP contribution in [0.2, 0.25) is 0 Å². The van der Waals surface area contributed by atoms with Crippen molar-refractivity contribution in [3.63, 3.8) is 0 Å². The van der Waals surface area contributed by atoms with Gasteiger partial charge < -0.3 is 14.4 Å². The highest BCUT2D eigenvalue weighted by molar-refractivity contribution is 5.81. The minimum atomic E-state index is 0.147. The number of rotatable bonds is 4. The van der Waals surface area contributed by atoms with Crippen LogP contribution in [0.1, 0.15) is 6.92 Å². The average Bonchev–Trinajstić information content (AvgIpc) is 2.73. The molecule has 0 saturated heterocycles. The number of nitrogens with zero attached hydrogens (tertiary/aromatic N) is 1. The highest BCUT2D eigenvalue weighted by Crippen LogP contribution is 2.21. The lowest BCUT2D eigenvalue weighted by molar-refractivity contribution is 0.278. The summed E-state index contributed by atoms with van der Waals surface area (Å²) in [6.45, 7) is 2.97. The normalized spacial score (nSPS) is 10.0. The SMILES string of the molecule is CC#CCOc1ccc2c(ccn2CCO)c1. The predicted molar refractivity (Wildman–Crippen MR) is 68.0 cm³/mol. The van der Waals surface area contributed by atoms with Gasteiger partial charge in [0.25, 0.3) is 0 Å². The van der Waals surface area contributed by atoms with Crippen molar-refractivity contribution in [2.75, 3.05) is 13.2 Å². The van der Waals surface area contributed by atoms with Crippen molar-refractivity contribution in [3.8, 4) is 17.6 Å². The molecule has 0 atom stereocenters. The molecule has 0 fully saturated rings. The van der Waals surface area contributed by atoms with E-state index in [1.165, 1.54) is 0 Å². The lowest BCUT2D eigenvalue weighted by Gasteiger charge is -2.04. The van der Waals surface area contributed by atoms with Crippen molar-refractivity contribution >= 4 is 10.9 Å². The summed E-state index contributed by atoms with van der Waals surface area (Å²) in [6, 6.07) is 7.93. The number of fused-ring (bicyclic) bond motifs is 1. The van der Waals surface area contributed by atoms with Crippen molar-refractivity contribution in [1.82, 2.24) is 4.57 Å². The fourth-order valence-electron chi connectivity index (χ4n) is 1.76. The van der Waals surface area contributed by atoms with Gasteiger partial charge in [-0.3, -0.25) is 0 Å². The smallest absolute Gasteiger partial charge is 0.149 e. The van der Waals surface area contributed by atoms with Crippen LogP contribution in [-0.4, -0.2) is 22.9 Å². The Morgan fingerprint density at radius 2 is 2.24 bits per heavy atom. The second-order valence-corrected chi connectivity index (χ2v) is 3.67. The van der Waals surface area contributed by atoms with Crippen LogP contribution in [0.3, 0.4) is 0 Å². The molecule has 0 aliphatic carbocycles. The number of aliphatic hydroxyl groups is 1. The Kier molecular flexibility index (Phi) is 3.69. The second kappa shape index (κ2) is 5.42. The van der Waals surface area contributed by atoms with Crippen LogP contribution in [0.4, 0.5) is 0 Å². The highest BCUT2D eigenvalue weighted by atomic mass is 16.5.